The number of nitrogens with one attached hydrogen (secondary N) is 3. The molecule has 30 heavy (non-hydrogen) atoms. The Morgan fingerprint density at radius 3 is 2.67 bits per heavy atom. The van der Waals surface area contributed by atoms with Crippen molar-refractivity contribution in [3.8, 4) is 0 Å². The van der Waals surface area contributed by atoms with Crippen LogP contribution < -0.4 is 16.2 Å². The summed E-state index contributed by atoms with van der Waals surface area (Å²) in [4.78, 5) is 26.3. The highest BCUT2D eigenvalue weighted by molar-refractivity contribution is 7.99. The van der Waals surface area contributed by atoms with Crippen LogP contribution in [0.2, 0.25) is 0 Å². The smallest absolute Gasteiger partial charge is 0.268 e. The Morgan fingerprint density at radius 2 is 2.00 bits per heavy atom. The maximum atomic E-state index is 12.9. The number of amides is 1. The molecule has 3 rings (SSSR count). The molecule has 2 aromatic heterocycles. The lowest BCUT2D eigenvalue weighted by atomic mass is 10.1. The topological polar surface area (TPSA) is 91.9 Å². The molecule has 0 unspecified atom stereocenters. The summed E-state index contributed by atoms with van der Waals surface area (Å²) in [6, 6.07) is 10.8. The molecule has 0 saturated heterocycles. The average Bonchev–Trinajstić information content (AvgIpc) is 3.02. The van der Waals surface area contributed by atoms with Crippen molar-refractivity contribution in [1.29, 1.82) is 5.41 Å². The van der Waals surface area contributed by atoms with Gasteiger partial charge in [0.1, 0.15) is 5.69 Å². The van der Waals surface area contributed by atoms with E-state index >= 15 is 0 Å². The van der Waals surface area contributed by atoms with Crippen molar-refractivity contribution < 1.29 is 4.79 Å². The monoisotopic (exact) mass is 423 g/mol. The van der Waals surface area contributed by atoms with E-state index in [4.69, 9.17) is 5.41 Å². The summed E-state index contributed by atoms with van der Waals surface area (Å²) in [6.45, 7) is 2.32. The third-order valence-corrected chi connectivity index (χ3v) is 6.15. The minimum atomic E-state index is -0.171. The van der Waals surface area contributed by atoms with E-state index in [2.05, 4.69) is 10.6 Å². The standard InChI is InChI=1S/C22H25N5O2S/c1-14-19(30-17-8-9-20(28)26(3)13-17)10-18(27(14)4)22(29)25-12-16-7-5-6-15(11-23)21(16)24-2/h5-11,13,23-24H,12H2,1-4H3,(H,25,29). The number of carbonyl (C=O) groups is 1. The Balaban J connectivity index is 1.79. The van der Waals surface area contributed by atoms with Crippen LogP contribution in [0.25, 0.3) is 0 Å². The molecule has 0 aliphatic carbocycles. The highest BCUT2D eigenvalue weighted by atomic mass is 32.2. The largest absolute Gasteiger partial charge is 0.387 e. The highest BCUT2D eigenvalue weighted by Crippen LogP contribution is 2.31. The van der Waals surface area contributed by atoms with Crippen LogP contribution in [0.5, 0.6) is 0 Å². The zero-order chi connectivity index (χ0) is 21.8. The first-order valence-corrected chi connectivity index (χ1v) is 10.3. The molecule has 0 spiro atoms. The van der Waals surface area contributed by atoms with Crippen molar-refractivity contribution in [1.82, 2.24) is 14.5 Å². The fourth-order valence-electron chi connectivity index (χ4n) is 3.21. The number of benzene rings is 1. The minimum Gasteiger partial charge on any atom is -0.387 e. The summed E-state index contributed by atoms with van der Waals surface area (Å²) in [5.74, 6) is -0.171. The average molecular weight is 424 g/mol. The Kier molecular flexibility index (Phi) is 6.47. The first kappa shape index (κ1) is 21.4. The van der Waals surface area contributed by atoms with Gasteiger partial charge in [-0.05, 0) is 24.6 Å². The van der Waals surface area contributed by atoms with Gasteiger partial charge in [-0.1, -0.05) is 30.0 Å². The van der Waals surface area contributed by atoms with Crippen molar-refractivity contribution in [2.24, 2.45) is 14.1 Å². The Bertz CT molecular complexity index is 1160. The molecule has 8 heteroatoms. The number of para-hydroxylation sites is 1. The summed E-state index contributed by atoms with van der Waals surface area (Å²) in [5, 5.41) is 13.6. The van der Waals surface area contributed by atoms with Crippen LogP contribution in [0.15, 0.2) is 57.2 Å². The Morgan fingerprint density at radius 1 is 1.23 bits per heavy atom. The van der Waals surface area contributed by atoms with Crippen molar-refractivity contribution in [2.45, 2.75) is 23.3 Å². The van der Waals surface area contributed by atoms with E-state index in [0.29, 0.717) is 12.2 Å². The lowest BCUT2D eigenvalue weighted by Crippen LogP contribution is -2.25. The number of nitrogens with zero attached hydrogens (tertiary/aromatic N) is 2. The number of carbonyl (C=O) groups excluding carboxylic acids is 1. The van der Waals surface area contributed by atoms with Crippen molar-refractivity contribution in [3.63, 3.8) is 0 Å². The predicted octanol–water partition coefficient (Wildman–Crippen LogP) is 3.15. The fraction of sp³-hybridized carbons (Fsp3) is 0.227. The third-order valence-electron chi connectivity index (χ3n) is 5.04. The van der Waals surface area contributed by atoms with E-state index in [9.17, 15) is 9.59 Å². The molecule has 1 aromatic carbocycles. The first-order chi connectivity index (χ1) is 14.3. The number of aromatic nitrogens is 2. The van der Waals surface area contributed by atoms with Crippen molar-refractivity contribution in [3.05, 3.63) is 75.5 Å². The molecular formula is C22H25N5O2S. The number of rotatable bonds is 7. The van der Waals surface area contributed by atoms with Crippen LogP contribution in [0.1, 0.15) is 27.3 Å². The highest BCUT2D eigenvalue weighted by Gasteiger charge is 2.17. The zero-order valence-electron chi connectivity index (χ0n) is 17.4. The summed E-state index contributed by atoms with van der Waals surface area (Å²) in [6.07, 6.45) is 3.08. The number of hydrogen-bond acceptors (Lipinski definition) is 5. The summed E-state index contributed by atoms with van der Waals surface area (Å²) in [5.41, 5.74) is 4.00. The minimum absolute atomic E-state index is 0.0581. The normalized spacial score (nSPS) is 10.7. The molecule has 0 aliphatic heterocycles. The lowest BCUT2D eigenvalue weighted by molar-refractivity contribution is 0.0942. The van der Waals surface area contributed by atoms with Gasteiger partial charge in [-0.25, -0.2) is 0 Å². The molecule has 0 fully saturated rings. The van der Waals surface area contributed by atoms with E-state index in [1.165, 1.54) is 28.6 Å². The molecule has 156 valence electrons. The third kappa shape index (κ3) is 4.33. The van der Waals surface area contributed by atoms with E-state index in [1.54, 1.807) is 26.4 Å². The van der Waals surface area contributed by atoms with Gasteiger partial charge in [-0.2, -0.15) is 0 Å². The molecule has 0 saturated carbocycles. The van der Waals surface area contributed by atoms with Gasteiger partial charge in [0.05, 0.1) is 0 Å². The molecule has 7 nitrogen and oxygen atoms in total. The fourth-order valence-corrected chi connectivity index (χ4v) is 4.26. The van der Waals surface area contributed by atoms with E-state index in [0.717, 1.165) is 32.3 Å². The first-order valence-electron chi connectivity index (χ1n) is 9.45. The molecular weight excluding hydrogens is 398 g/mol. The lowest BCUT2D eigenvalue weighted by Gasteiger charge is -2.13. The number of aryl methyl sites for hydroxylation is 1. The van der Waals surface area contributed by atoms with Gasteiger partial charge >= 0.3 is 0 Å². The van der Waals surface area contributed by atoms with E-state index in [1.807, 2.05) is 42.8 Å². The second-order valence-corrected chi connectivity index (χ2v) is 8.03. The van der Waals surface area contributed by atoms with Crippen LogP contribution in [-0.4, -0.2) is 28.3 Å². The second-order valence-electron chi connectivity index (χ2n) is 6.91. The van der Waals surface area contributed by atoms with Gasteiger partial charge in [0.2, 0.25) is 5.56 Å². The molecule has 0 atom stereocenters. The van der Waals surface area contributed by atoms with Crippen LogP contribution in [0, 0.1) is 12.3 Å². The molecule has 0 bridgehead atoms. The van der Waals surface area contributed by atoms with Crippen LogP contribution in [0.3, 0.4) is 0 Å². The maximum absolute atomic E-state index is 12.9. The summed E-state index contributed by atoms with van der Waals surface area (Å²) in [7, 11) is 5.39. The summed E-state index contributed by atoms with van der Waals surface area (Å²) >= 11 is 1.52. The maximum Gasteiger partial charge on any atom is 0.268 e. The Labute approximate surface area is 179 Å². The van der Waals surface area contributed by atoms with E-state index < -0.39 is 0 Å². The van der Waals surface area contributed by atoms with Crippen LogP contribution in [0.4, 0.5) is 5.69 Å². The molecule has 2 heterocycles. The zero-order valence-corrected chi connectivity index (χ0v) is 18.3. The van der Waals surface area contributed by atoms with Gasteiger partial charge in [0.15, 0.2) is 0 Å². The summed E-state index contributed by atoms with van der Waals surface area (Å²) < 4.78 is 3.41. The SMILES string of the molecule is CNc1c(C=N)cccc1CNC(=O)c1cc(Sc2ccc(=O)n(C)c2)c(C)n1C. The molecule has 0 aliphatic rings. The number of hydrogen-bond donors (Lipinski definition) is 3. The van der Waals surface area contributed by atoms with Gasteiger partial charge in [0.25, 0.3) is 5.91 Å². The van der Waals surface area contributed by atoms with Crippen molar-refractivity contribution >= 4 is 29.6 Å². The second kappa shape index (κ2) is 9.04. The van der Waals surface area contributed by atoms with Gasteiger partial charge in [0, 0.05) is 72.9 Å². The van der Waals surface area contributed by atoms with Crippen molar-refractivity contribution in [2.75, 3.05) is 12.4 Å². The number of pyridine rings is 1. The van der Waals surface area contributed by atoms with Gasteiger partial charge in [-0.3, -0.25) is 9.59 Å². The van der Waals surface area contributed by atoms with Gasteiger partial charge in [-0.15, -0.1) is 0 Å². The molecule has 3 aromatic rings. The van der Waals surface area contributed by atoms with E-state index in [-0.39, 0.29) is 11.5 Å². The molecule has 1 amide bonds. The molecule has 0 radical (unpaired) electrons. The van der Waals surface area contributed by atoms with Crippen LogP contribution >= 0.6 is 11.8 Å². The number of anilines is 1. The Hall–Kier alpha value is -3.26. The van der Waals surface area contributed by atoms with Crippen LogP contribution in [-0.2, 0) is 20.6 Å². The molecule has 3 N–H and O–H groups in total. The van der Waals surface area contributed by atoms with Gasteiger partial charge < -0.3 is 25.2 Å². The predicted molar refractivity (Wildman–Crippen MR) is 121 cm³/mol. The quantitative estimate of drug-likeness (QED) is 0.509.